The molecule has 114 valence electrons. The molecule has 4 heteroatoms. The van der Waals surface area contributed by atoms with Crippen LogP contribution in [0.1, 0.15) is 31.7 Å². The lowest BCUT2D eigenvalue weighted by Gasteiger charge is -2.23. The standard InChI is InChI=1S/C17H25N3O/c1-2-13-4-3-5-15(10-13)19-17(21)12-20-9-8-14-6-7-16(11-20)18-14/h3-5,10,14,16,18H,2,6-9,11-12H2,1H3,(H,19,21). The number of rotatable bonds is 4. The SMILES string of the molecule is CCc1cccc(NC(=O)CN2CCC3CCC(C2)N3)c1. The van der Waals surface area contributed by atoms with Gasteiger partial charge in [0.2, 0.25) is 5.91 Å². The first-order valence-electron chi connectivity index (χ1n) is 8.10. The van der Waals surface area contributed by atoms with Crippen molar-refractivity contribution in [3.05, 3.63) is 29.8 Å². The maximum atomic E-state index is 12.2. The van der Waals surface area contributed by atoms with E-state index in [1.807, 2.05) is 12.1 Å². The summed E-state index contributed by atoms with van der Waals surface area (Å²) < 4.78 is 0. The van der Waals surface area contributed by atoms with E-state index in [9.17, 15) is 4.79 Å². The first-order chi connectivity index (χ1) is 10.2. The van der Waals surface area contributed by atoms with Gasteiger partial charge in [0.1, 0.15) is 0 Å². The molecule has 2 saturated heterocycles. The fraction of sp³-hybridized carbons (Fsp3) is 0.588. The van der Waals surface area contributed by atoms with Crippen LogP contribution < -0.4 is 10.6 Å². The average molecular weight is 287 g/mol. The Morgan fingerprint density at radius 1 is 1.33 bits per heavy atom. The maximum absolute atomic E-state index is 12.2. The number of fused-ring (bicyclic) bond motifs is 2. The Hall–Kier alpha value is -1.39. The number of hydrogen-bond donors (Lipinski definition) is 2. The summed E-state index contributed by atoms with van der Waals surface area (Å²) in [4.78, 5) is 14.5. The van der Waals surface area contributed by atoms with E-state index in [0.717, 1.165) is 31.6 Å². The molecule has 2 heterocycles. The van der Waals surface area contributed by atoms with Crippen molar-refractivity contribution in [3.63, 3.8) is 0 Å². The number of carbonyl (C=O) groups is 1. The van der Waals surface area contributed by atoms with Crippen LogP contribution in [0.5, 0.6) is 0 Å². The lowest BCUT2D eigenvalue weighted by Crippen LogP contribution is -2.39. The zero-order valence-electron chi connectivity index (χ0n) is 12.8. The lowest BCUT2D eigenvalue weighted by molar-refractivity contribution is -0.117. The Bertz CT molecular complexity index is 503. The number of likely N-dealkylation sites (tertiary alicyclic amines) is 1. The molecule has 0 saturated carbocycles. The molecule has 2 atom stereocenters. The van der Waals surface area contributed by atoms with Crippen molar-refractivity contribution in [2.45, 2.75) is 44.7 Å². The van der Waals surface area contributed by atoms with Crippen LogP contribution in [0, 0.1) is 0 Å². The Morgan fingerprint density at radius 3 is 3.05 bits per heavy atom. The van der Waals surface area contributed by atoms with Gasteiger partial charge in [-0.1, -0.05) is 19.1 Å². The summed E-state index contributed by atoms with van der Waals surface area (Å²) in [6.07, 6.45) is 4.70. The average Bonchev–Trinajstić information content (AvgIpc) is 2.82. The molecule has 0 aliphatic carbocycles. The van der Waals surface area contributed by atoms with Gasteiger partial charge in [-0.3, -0.25) is 9.69 Å². The Morgan fingerprint density at radius 2 is 2.19 bits per heavy atom. The summed E-state index contributed by atoms with van der Waals surface area (Å²) in [5.74, 6) is 0.0982. The first kappa shape index (κ1) is 14.5. The molecule has 1 aromatic carbocycles. The second-order valence-corrected chi connectivity index (χ2v) is 6.26. The van der Waals surface area contributed by atoms with E-state index in [2.05, 4.69) is 34.6 Å². The molecule has 1 aromatic rings. The number of carbonyl (C=O) groups excluding carboxylic acids is 1. The highest BCUT2D eigenvalue weighted by atomic mass is 16.2. The third kappa shape index (κ3) is 3.83. The van der Waals surface area contributed by atoms with Crippen LogP contribution in [0.3, 0.4) is 0 Å². The normalized spacial score (nSPS) is 25.6. The summed E-state index contributed by atoms with van der Waals surface area (Å²) in [5.41, 5.74) is 2.16. The predicted octanol–water partition coefficient (Wildman–Crippen LogP) is 2.01. The molecule has 0 radical (unpaired) electrons. The number of nitrogens with one attached hydrogen (secondary N) is 2. The molecule has 2 fully saturated rings. The summed E-state index contributed by atoms with van der Waals surface area (Å²) >= 11 is 0. The van der Waals surface area contributed by atoms with E-state index in [4.69, 9.17) is 0 Å². The van der Waals surface area contributed by atoms with Crippen molar-refractivity contribution in [1.29, 1.82) is 0 Å². The highest BCUT2D eigenvalue weighted by Crippen LogP contribution is 2.20. The number of nitrogens with zero attached hydrogens (tertiary/aromatic N) is 1. The van der Waals surface area contributed by atoms with Gasteiger partial charge in [0, 0.05) is 30.9 Å². The number of hydrogen-bond acceptors (Lipinski definition) is 3. The monoisotopic (exact) mass is 287 g/mol. The van der Waals surface area contributed by atoms with Crippen LogP contribution >= 0.6 is 0 Å². The van der Waals surface area contributed by atoms with Crippen molar-refractivity contribution < 1.29 is 4.79 Å². The van der Waals surface area contributed by atoms with Crippen LogP contribution in [0.4, 0.5) is 5.69 Å². The van der Waals surface area contributed by atoms with Crippen LogP contribution in [0.15, 0.2) is 24.3 Å². The van der Waals surface area contributed by atoms with E-state index in [1.165, 1.54) is 18.4 Å². The number of aryl methyl sites for hydroxylation is 1. The molecule has 0 spiro atoms. The van der Waals surface area contributed by atoms with Gasteiger partial charge in [-0.05, 0) is 43.4 Å². The minimum Gasteiger partial charge on any atom is -0.325 e. The van der Waals surface area contributed by atoms with Crippen LogP contribution in [-0.4, -0.2) is 42.5 Å². The first-order valence-corrected chi connectivity index (χ1v) is 8.10. The van der Waals surface area contributed by atoms with E-state index in [1.54, 1.807) is 0 Å². The van der Waals surface area contributed by atoms with Gasteiger partial charge in [0.25, 0.3) is 0 Å². The lowest BCUT2D eigenvalue weighted by atomic mass is 10.1. The quantitative estimate of drug-likeness (QED) is 0.890. The summed E-state index contributed by atoms with van der Waals surface area (Å²) in [6.45, 7) is 4.65. The molecular formula is C17H25N3O. The minimum absolute atomic E-state index is 0.0982. The zero-order chi connectivity index (χ0) is 14.7. The Labute approximate surface area is 126 Å². The highest BCUT2D eigenvalue weighted by molar-refractivity contribution is 5.92. The molecule has 2 aliphatic heterocycles. The van der Waals surface area contributed by atoms with Crippen LogP contribution in [0.25, 0.3) is 0 Å². The second kappa shape index (κ2) is 6.58. The summed E-state index contributed by atoms with van der Waals surface area (Å²) in [5, 5.41) is 6.67. The predicted molar refractivity (Wildman–Crippen MR) is 85.5 cm³/mol. The van der Waals surface area contributed by atoms with E-state index in [-0.39, 0.29) is 5.91 Å². The molecule has 4 nitrogen and oxygen atoms in total. The van der Waals surface area contributed by atoms with Gasteiger partial charge in [-0.2, -0.15) is 0 Å². The van der Waals surface area contributed by atoms with Crippen LogP contribution in [-0.2, 0) is 11.2 Å². The van der Waals surface area contributed by atoms with E-state index >= 15 is 0 Å². The van der Waals surface area contributed by atoms with Crippen molar-refractivity contribution in [3.8, 4) is 0 Å². The molecule has 1 amide bonds. The van der Waals surface area contributed by atoms with Crippen molar-refractivity contribution in [2.75, 3.05) is 25.0 Å². The van der Waals surface area contributed by atoms with Crippen molar-refractivity contribution in [1.82, 2.24) is 10.2 Å². The summed E-state index contributed by atoms with van der Waals surface area (Å²) in [6, 6.07) is 9.36. The fourth-order valence-electron chi connectivity index (χ4n) is 3.43. The van der Waals surface area contributed by atoms with Gasteiger partial charge >= 0.3 is 0 Å². The van der Waals surface area contributed by atoms with Gasteiger partial charge in [0.05, 0.1) is 6.54 Å². The van der Waals surface area contributed by atoms with Crippen molar-refractivity contribution >= 4 is 11.6 Å². The number of anilines is 1. The third-order valence-corrected chi connectivity index (χ3v) is 4.59. The summed E-state index contributed by atoms with van der Waals surface area (Å²) in [7, 11) is 0. The Balaban J connectivity index is 1.53. The number of benzene rings is 1. The molecule has 0 aromatic heterocycles. The third-order valence-electron chi connectivity index (χ3n) is 4.59. The second-order valence-electron chi connectivity index (χ2n) is 6.26. The number of amides is 1. The highest BCUT2D eigenvalue weighted by Gasteiger charge is 2.29. The van der Waals surface area contributed by atoms with E-state index < -0.39 is 0 Å². The van der Waals surface area contributed by atoms with Crippen molar-refractivity contribution in [2.24, 2.45) is 0 Å². The largest absolute Gasteiger partial charge is 0.325 e. The molecule has 2 bridgehead atoms. The topological polar surface area (TPSA) is 44.4 Å². The molecule has 2 unspecified atom stereocenters. The maximum Gasteiger partial charge on any atom is 0.238 e. The Kier molecular flexibility index (Phi) is 4.56. The molecular weight excluding hydrogens is 262 g/mol. The minimum atomic E-state index is 0.0982. The molecule has 2 aliphatic rings. The zero-order valence-corrected chi connectivity index (χ0v) is 12.8. The van der Waals surface area contributed by atoms with Crippen LogP contribution in [0.2, 0.25) is 0 Å². The fourth-order valence-corrected chi connectivity index (χ4v) is 3.43. The van der Waals surface area contributed by atoms with Gasteiger partial charge in [-0.25, -0.2) is 0 Å². The molecule has 21 heavy (non-hydrogen) atoms. The van der Waals surface area contributed by atoms with Gasteiger partial charge < -0.3 is 10.6 Å². The van der Waals surface area contributed by atoms with Gasteiger partial charge in [0.15, 0.2) is 0 Å². The smallest absolute Gasteiger partial charge is 0.238 e. The van der Waals surface area contributed by atoms with Gasteiger partial charge in [-0.15, -0.1) is 0 Å². The molecule has 3 rings (SSSR count). The molecule has 2 N–H and O–H groups in total. The van der Waals surface area contributed by atoms with E-state index in [0.29, 0.717) is 18.6 Å².